The molecule has 0 aromatic carbocycles. The van der Waals surface area contributed by atoms with Crippen LogP contribution < -0.4 is 5.32 Å². The molecule has 0 radical (unpaired) electrons. The Hall–Kier alpha value is -2.80. The zero-order chi connectivity index (χ0) is 30.3. The molecule has 3 amide bonds. The SMILES string of the molecule is COCCCNc1nc(C(C)(C)C)ncc1C(=O)N(CC(C)C)C1CC(C(=O)N2CCS(=O)CC2)CN(C(=O)O)C1. The second-order valence-electron chi connectivity index (χ2n) is 12.3. The third-order valence-electron chi connectivity index (χ3n) is 7.31. The number of nitrogens with one attached hydrogen (secondary N) is 1. The van der Waals surface area contributed by atoms with E-state index >= 15 is 0 Å². The van der Waals surface area contributed by atoms with Crippen LogP contribution in [0, 0.1) is 11.8 Å². The molecule has 230 valence electrons. The highest BCUT2D eigenvalue weighted by Crippen LogP contribution is 2.28. The lowest BCUT2D eigenvalue weighted by atomic mass is 9.91. The molecule has 2 saturated heterocycles. The Kier molecular flexibility index (Phi) is 11.5. The van der Waals surface area contributed by atoms with Crippen LogP contribution in [0.2, 0.25) is 0 Å². The number of piperidine rings is 1. The topological polar surface area (TPSA) is 145 Å². The van der Waals surface area contributed by atoms with E-state index in [1.165, 1.54) is 4.90 Å². The van der Waals surface area contributed by atoms with Crippen molar-refractivity contribution in [2.24, 2.45) is 11.8 Å². The van der Waals surface area contributed by atoms with E-state index in [9.17, 15) is 23.7 Å². The fraction of sp³-hybridized carbons (Fsp3) is 0.750. The molecular formula is C28H46N6O6S. The van der Waals surface area contributed by atoms with Gasteiger partial charge in [0.2, 0.25) is 5.91 Å². The zero-order valence-electron chi connectivity index (χ0n) is 25.2. The summed E-state index contributed by atoms with van der Waals surface area (Å²) in [6, 6.07) is -0.508. The van der Waals surface area contributed by atoms with Crippen molar-refractivity contribution in [3.05, 3.63) is 17.6 Å². The molecular weight excluding hydrogens is 548 g/mol. The van der Waals surface area contributed by atoms with Gasteiger partial charge in [-0.1, -0.05) is 34.6 Å². The quantitative estimate of drug-likeness (QED) is 0.390. The number of carbonyl (C=O) groups excluding carboxylic acids is 2. The molecule has 2 N–H and O–H groups in total. The molecule has 41 heavy (non-hydrogen) atoms. The highest BCUT2D eigenvalue weighted by Gasteiger charge is 2.40. The predicted octanol–water partition coefficient (Wildman–Crippen LogP) is 2.28. The van der Waals surface area contributed by atoms with Crippen molar-refractivity contribution in [3.8, 4) is 0 Å². The Morgan fingerprint density at radius 3 is 2.46 bits per heavy atom. The fourth-order valence-electron chi connectivity index (χ4n) is 5.15. The molecule has 13 heteroatoms. The van der Waals surface area contributed by atoms with Gasteiger partial charge in [0, 0.05) is 86.9 Å². The second-order valence-corrected chi connectivity index (χ2v) is 14.0. The standard InChI is InChI=1S/C28H46N6O6S/c1-19(2)16-34(25(36)22-15-30-26(28(3,4)5)31-23(22)29-8-7-11-40-6)21-14-20(17-33(18-21)27(37)38)24(35)32-9-12-41(39)13-10-32/h15,19-21H,7-14,16-18H2,1-6H3,(H,37,38)(H,29,30,31). The molecule has 2 atom stereocenters. The fourth-order valence-corrected chi connectivity index (χ4v) is 6.21. The Balaban J connectivity index is 1.93. The molecule has 2 aliphatic heterocycles. The molecule has 2 aliphatic rings. The number of nitrogens with zero attached hydrogens (tertiary/aromatic N) is 5. The van der Waals surface area contributed by atoms with Crippen molar-refractivity contribution in [1.82, 2.24) is 24.7 Å². The number of ether oxygens (including phenoxy) is 1. The summed E-state index contributed by atoms with van der Waals surface area (Å²) in [6.07, 6.45) is 1.50. The summed E-state index contributed by atoms with van der Waals surface area (Å²) in [4.78, 5) is 53.7. The van der Waals surface area contributed by atoms with Crippen LogP contribution in [-0.2, 0) is 25.7 Å². The van der Waals surface area contributed by atoms with E-state index in [4.69, 9.17) is 9.72 Å². The number of methoxy groups -OCH3 is 1. The van der Waals surface area contributed by atoms with E-state index in [1.54, 1.807) is 23.1 Å². The van der Waals surface area contributed by atoms with Gasteiger partial charge in [-0.05, 0) is 18.8 Å². The van der Waals surface area contributed by atoms with Crippen LogP contribution >= 0.6 is 0 Å². The van der Waals surface area contributed by atoms with Crippen LogP contribution in [0.4, 0.5) is 10.6 Å². The molecule has 2 fully saturated rings. The van der Waals surface area contributed by atoms with E-state index in [0.717, 1.165) is 6.42 Å². The summed E-state index contributed by atoms with van der Waals surface area (Å²) in [7, 11) is 0.700. The average molecular weight is 595 g/mol. The number of carboxylic acid groups (broad SMARTS) is 1. The first kappa shape index (κ1) is 32.7. The number of hydrogen-bond donors (Lipinski definition) is 2. The van der Waals surface area contributed by atoms with Gasteiger partial charge in [0.25, 0.3) is 5.91 Å². The van der Waals surface area contributed by atoms with Gasteiger partial charge in [0.05, 0.1) is 12.0 Å². The van der Waals surface area contributed by atoms with Crippen LogP contribution in [-0.4, -0.2) is 122 Å². The van der Waals surface area contributed by atoms with Crippen LogP contribution in [0.3, 0.4) is 0 Å². The molecule has 3 heterocycles. The van der Waals surface area contributed by atoms with Gasteiger partial charge in [-0.2, -0.15) is 0 Å². The van der Waals surface area contributed by atoms with Crippen LogP contribution in [0.5, 0.6) is 0 Å². The molecule has 0 spiro atoms. The van der Waals surface area contributed by atoms with E-state index in [1.807, 2.05) is 34.6 Å². The van der Waals surface area contributed by atoms with Crippen molar-refractivity contribution >= 4 is 34.5 Å². The van der Waals surface area contributed by atoms with Crippen molar-refractivity contribution in [2.45, 2.75) is 58.9 Å². The normalized spacial score (nSPS) is 20.3. The van der Waals surface area contributed by atoms with Crippen LogP contribution in [0.15, 0.2) is 6.20 Å². The van der Waals surface area contributed by atoms with Gasteiger partial charge >= 0.3 is 6.09 Å². The highest BCUT2D eigenvalue weighted by atomic mass is 32.2. The lowest BCUT2D eigenvalue weighted by Crippen LogP contribution is -2.58. The highest BCUT2D eigenvalue weighted by molar-refractivity contribution is 7.85. The molecule has 2 unspecified atom stereocenters. The zero-order valence-corrected chi connectivity index (χ0v) is 26.0. The summed E-state index contributed by atoms with van der Waals surface area (Å²) in [6.45, 7) is 12.5. The van der Waals surface area contributed by atoms with Crippen molar-refractivity contribution in [2.75, 3.05) is 69.8 Å². The van der Waals surface area contributed by atoms with Gasteiger partial charge in [-0.15, -0.1) is 0 Å². The minimum atomic E-state index is -1.12. The molecule has 0 aliphatic carbocycles. The summed E-state index contributed by atoms with van der Waals surface area (Å²) < 4.78 is 17.0. The number of likely N-dealkylation sites (tertiary alicyclic amines) is 1. The average Bonchev–Trinajstić information content (AvgIpc) is 2.92. The Morgan fingerprint density at radius 1 is 1.20 bits per heavy atom. The van der Waals surface area contributed by atoms with Gasteiger partial charge < -0.3 is 29.9 Å². The molecule has 0 bridgehead atoms. The maximum atomic E-state index is 14.2. The maximum Gasteiger partial charge on any atom is 0.407 e. The second kappa shape index (κ2) is 14.4. The first-order valence-corrected chi connectivity index (χ1v) is 15.8. The van der Waals surface area contributed by atoms with Gasteiger partial charge in [-0.3, -0.25) is 13.8 Å². The third kappa shape index (κ3) is 8.84. The maximum absolute atomic E-state index is 14.2. The number of aromatic nitrogens is 2. The largest absolute Gasteiger partial charge is 0.465 e. The van der Waals surface area contributed by atoms with Crippen molar-refractivity contribution in [3.63, 3.8) is 0 Å². The smallest absolute Gasteiger partial charge is 0.407 e. The monoisotopic (exact) mass is 594 g/mol. The number of anilines is 1. The van der Waals surface area contributed by atoms with Gasteiger partial charge in [0.15, 0.2) is 0 Å². The summed E-state index contributed by atoms with van der Waals surface area (Å²) in [5.41, 5.74) is -0.0211. The number of hydrogen-bond acceptors (Lipinski definition) is 8. The van der Waals surface area contributed by atoms with E-state index in [2.05, 4.69) is 10.3 Å². The predicted molar refractivity (Wildman–Crippen MR) is 158 cm³/mol. The van der Waals surface area contributed by atoms with Crippen molar-refractivity contribution in [1.29, 1.82) is 0 Å². The molecule has 1 aromatic heterocycles. The van der Waals surface area contributed by atoms with E-state index < -0.39 is 28.9 Å². The molecule has 12 nitrogen and oxygen atoms in total. The summed E-state index contributed by atoms with van der Waals surface area (Å²) >= 11 is 0. The van der Waals surface area contributed by atoms with E-state index in [-0.39, 0.29) is 36.2 Å². The molecule has 3 rings (SSSR count). The van der Waals surface area contributed by atoms with Crippen LogP contribution in [0.25, 0.3) is 0 Å². The summed E-state index contributed by atoms with van der Waals surface area (Å²) in [5.74, 6) is 0.933. The van der Waals surface area contributed by atoms with Crippen LogP contribution in [0.1, 0.15) is 63.6 Å². The Bertz CT molecular complexity index is 1100. The Morgan fingerprint density at radius 2 is 1.88 bits per heavy atom. The van der Waals surface area contributed by atoms with Gasteiger partial charge in [-0.25, -0.2) is 14.8 Å². The molecule has 0 saturated carbocycles. The minimum Gasteiger partial charge on any atom is -0.465 e. The lowest BCUT2D eigenvalue weighted by Gasteiger charge is -2.43. The van der Waals surface area contributed by atoms with E-state index in [0.29, 0.717) is 67.9 Å². The number of carbonyl (C=O) groups is 3. The Labute approximate surface area is 245 Å². The third-order valence-corrected chi connectivity index (χ3v) is 8.58. The first-order chi connectivity index (χ1) is 19.3. The number of amides is 3. The molecule has 1 aromatic rings. The van der Waals surface area contributed by atoms with Gasteiger partial charge in [0.1, 0.15) is 17.2 Å². The first-order valence-electron chi connectivity index (χ1n) is 14.3. The number of rotatable bonds is 10. The minimum absolute atomic E-state index is 0.0731. The summed E-state index contributed by atoms with van der Waals surface area (Å²) in [5, 5.41) is 13.2. The van der Waals surface area contributed by atoms with Crippen molar-refractivity contribution < 1.29 is 28.4 Å². The lowest BCUT2D eigenvalue weighted by molar-refractivity contribution is -0.137.